The molecule has 1 aliphatic heterocycles. The van der Waals surface area contributed by atoms with Gasteiger partial charge in [0.2, 0.25) is 0 Å². The van der Waals surface area contributed by atoms with Crippen molar-refractivity contribution in [3.05, 3.63) is 40.9 Å². The predicted octanol–water partition coefficient (Wildman–Crippen LogP) is 8.41. The Morgan fingerprint density at radius 1 is 1.31 bits per heavy atom. The van der Waals surface area contributed by atoms with Crippen LogP contribution in [-0.2, 0) is 0 Å². The molecule has 1 heterocycles. The molecule has 32 heavy (non-hydrogen) atoms. The summed E-state index contributed by atoms with van der Waals surface area (Å²) >= 11 is 13.7. The standard InChI is InChI=1S/C26H40ClN3S2/c1-6-9-12-19(4)17-21(11-7-2)24(8-3)20(5)28-26-30(15-16-32-26)25(31)29-23-14-10-13-22(27)18-23/h10,13-14,17-18,20-21,24H,6-9,11-12,15-16H2,1-5H3,(H,29,31)/b19-17+,28-26?. The third-order valence-corrected chi connectivity index (χ3v) is 7.63. The van der Waals surface area contributed by atoms with E-state index < -0.39 is 0 Å². The number of benzene rings is 1. The summed E-state index contributed by atoms with van der Waals surface area (Å²) in [4.78, 5) is 7.34. The number of amidine groups is 1. The van der Waals surface area contributed by atoms with Crippen molar-refractivity contribution in [2.75, 3.05) is 17.6 Å². The topological polar surface area (TPSA) is 27.6 Å². The molecule has 1 fully saturated rings. The molecule has 3 atom stereocenters. The Labute approximate surface area is 210 Å². The van der Waals surface area contributed by atoms with Crippen LogP contribution < -0.4 is 5.32 Å². The van der Waals surface area contributed by atoms with E-state index in [0.29, 0.717) is 22.0 Å². The van der Waals surface area contributed by atoms with E-state index in [2.05, 4.69) is 50.9 Å². The summed E-state index contributed by atoms with van der Waals surface area (Å²) in [5, 5.41) is 5.76. The third-order valence-electron chi connectivity index (χ3n) is 6.10. The fourth-order valence-electron chi connectivity index (χ4n) is 4.38. The van der Waals surface area contributed by atoms with E-state index in [1.54, 1.807) is 11.8 Å². The number of nitrogens with zero attached hydrogens (tertiary/aromatic N) is 2. The van der Waals surface area contributed by atoms with Crippen LogP contribution in [0.4, 0.5) is 5.69 Å². The monoisotopic (exact) mass is 493 g/mol. The summed E-state index contributed by atoms with van der Waals surface area (Å²) < 4.78 is 0. The molecule has 2 rings (SSSR count). The Hall–Kier alpha value is -1.04. The highest BCUT2D eigenvalue weighted by atomic mass is 35.5. The van der Waals surface area contributed by atoms with Crippen molar-refractivity contribution in [3.8, 4) is 0 Å². The van der Waals surface area contributed by atoms with Crippen LogP contribution in [0.25, 0.3) is 0 Å². The van der Waals surface area contributed by atoms with Crippen LogP contribution in [0.3, 0.4) is 0 Å². The Kier molecular flexibility index (Phi) is 12.1. The van der Waals surface area contributed by atoms with Gasteiger partial charge in [0, 0.05) is 23.0 Å². The van der Waals surface area contributed by atoms with Crippen LogP contribution >= 0.6 is 35.6 Å². The van der Waals surface area contributed by atoms with Gasteiger partial charge in [-0.25, -0.2) is 0 Å². The minimum absolute atomic E-state index is 0.254. The first kappa shape index (κ1) is 27.2. The SMILES string of the molecule is CCCC/C(C)=C/C(CCC)C(CC)C(C)N=C1SCCN1C(=S)Nc1cccc(Cl)c1. The van der Waals surface area contributed by atoms with E-state index in [0.717, 1.165) is 29.6 Å². The fraction of sp³-hybridized carbons (Fsp3) is 0.615. The van der Waals surface area contributed by atoms with Gasteiger partial charge in [-0.05, 0) is 75.4 Å². The highest BCUT2D eigenvalue weighted by Crippen LogP contribution is 2.31. The van der Waals surface area contributed by atoms with E-state index in [1.165, 1.54) is 37.7 Å². The molecule has 0 aliphatic carbocycles. The molecule has 6 heteroatoms. The first-order valence-electron chi connectivity index (χ1n) is 12.1. The first-order valence-corrected chi connectivity index (χ1v) is 13.9. The zero-order valence-corrected chi connectivity index (χ0v) is 22.8. The Morgan fingerprint density at radius 3 is 2.75 bits per heavy atom. The van der Waals surface area contributed by atoms with Crippen LogP contribution in [0.2, 0.25) is 5.02 Å². The van der Waals surface area contributed by atoms with Gasteiger partial charge < -0.3 is 5.32 Å². The molecule has 178 valence electrons. The number of halogens is 1. The quantitative estimate of drug-likeness (QED) is 0.247. The lowest BCUT2D eigenvalue weighted by atomic mass is 9.80. The summed E-state index contributed by atoms with van der Waals surface area (Å²) in [7, 11) is 0. The maximum absolute atomic E-state index is 6.13. The molecule has 1 N–H and O–H groups in total. The lowest BCUT2D eigenvalue weighted by Crippen LogP contribution is -2.36. The van der Waals surface area contributed by atoms with Gasteiger partial charge in [0.15, 0.2) is 10.3 Å². The maximum atomic E-state index is 6.13. The zero-order valence-electron chi connectivity index (χ0n) is 20.4. The smallest absolute Gasteiger partial charge is 0.179 e. The molecule has 0 radical (unpaired) electrons. The molecule has 1 aliphatic rings. The molecule has 0 amide bonds. The third kappa shape index (κ3) is 8.39. The number of thiocarbonyl (C=S) groups is 1. The van der Waals surface area contributed by atoms with Gasteiger partial charge in [0.05, 0.1) is 6.04 Å². The molecule has 0 spiro atoms. The fourth-order valence-corrected chi connectivity index (χ4v) is 5.96. The van der Waals surface area contributed by atoms with E-state index in [9.17, 15) is 0 Å². The van der Waals surface area contributed by atoms with E-state index >= 15 is 0 Å². The molecule has 0 bridgehead atoms. The Morgan fingerprint density at radius 2 is 2.09 bits per heavy atom. The van der Waals surface area contributed by atoms with Gasteiger partial charge in [-0.1, -0.05) is 81.1 Å². The minimum atomic E-state index is 0.254. The maximum Gasteiger partial charge on any atom is 0.179 e. The van der Waals surface area contributed by atoms with Gasteiger partial charge >= 0.3 is 0 Å². The largest absolute Gasteiger partial charge is 0.332 e. The van der Waals surface area contributed by atoms with Crippen molar-refractivity contribution in [1.82, 2.24) is 4.90 Å². The lowest BCUT2D eigenvalue weighted by molar-refractivity contribution is 0.313. The second-order valence-corrected chi connectivity index (χ2v) is 10.6. The number of thioether (sulfide) groups is 1. The molecule has 0 saturated carbocycles. The molecule has 1 aromatic rings. The predicted molar refractivity (Wildman–Crippen MR) is 149 cm³/mol. The zero-order chi connectivity index (χ0) is 23.5. The van der Waals surface area contributed by atoms with Crippen molar-refractivity contribution >= 4 is 51.5 Å². The van der Waals surface area contributed by atoms with Gasteiger partial charge in [-0.15, -0.1) is 0 Å². The Bertz CT molecular complexity index is 793. The highest BCUT2D eigenvalue weighted by Gasteiger charge is 2.28. The summed E-state index contributed by atoms with van der Waals surface area (Å²) in [5.41, 5.74) is 2.45. The van der Waals surface area contributed by atoms with Gasteiger partial charge in [-0.2, -0.15) is 0 Å². The molecule has 0 aromatic heterocycles. The minimum Gasteiger partial charge on any atom is -0.332 e. The van der Waals surface area contributed by atoms with Crippen LogP contribution in [0, 0.1) is 11.8 Å². The lowest BCUT2D eigenvalue weighted by Gasteiger charge is -2.29. The highest BCUT2D eigenvalue weighted by molar-refractivity contribution is 8.14. The summed E-state index contributed by atoms with van der Waals surface area (Å²) in [5.74, 6) is 2.13. The number of hydrogen-bond donors (Lipinski definition) is 1. The molecule has 3 nitrogen and oxygen atoms in total. The number of aliphatic imine (C=N–C) groups is 1. The number of anilines is 1. The van der Waals surface area contributed by atoms with Crippen LogP contribution in [0.1, 0.15) is 73.1 Å². The van der Waals surface area contributed by atoms with Crippen LogP contribution in [0.15, 0.2) is 40.9 Å². The second kappa shape index (κ2) is 14.3. The Balaban J connectivity index is 2.14. The van der Waals surface area contributed by atoms with Crippen molar-refractivity contribution in [2.24, 2.45) is 16.8 Å². The normalized spacial score (nSPS) is 18.6. The van der Waals surface area contributed by atoms with Crippen molar-refractivity contribution in [2.45, 2.75) is 79.2 Å². The van der Waals surface area contributed by atoms with Crippen molar-refractivity contribution in [1.29, 1.82) is 0 Å². The van der Waals surface area contributed by atoms with E-state index in [-0.39, 0.29) is 6.04 Å². The molecular formula is C26H40ClN3S2. The van der Waals surface area contributed by atoms with Crippen LogP contribution in [0.5, 0.6) is 0 Å². The number of allylic oxidation sites excluding steroid dienone is 2. The van der Waals surface area contributed by atoms with Crippen molar-refractivity contribution < 1.29 is 0 Å². The summed E-state index contributed by atoms with van der Waals surface area (Å²) in [6.45, 7) is 12.3. The average Bonchev–Trinajstić information content (AvgIpc) is 3.21. The number of unbranched alkanes of at least 4 members (excludes halogenated alkanes) is 1. The second-order valence-electron chi connectivity index (χ2n) is 8.73. The van der Waals surface area contributed by atoms with Gasteiger partial charge in [0.25, 0.3) is 0 Å². The van der Waals surface area contributed by atoms with E-state index in [1.807, 2.05) is 24.3 Å². The summed E-state index contributed by atoms with van der Waals surface area (Å²) in [6, 6.07) is 7.93. The first-order chi connectivity index (χ1) is 15.4. The molecule has 3 unspecified atom stereocenters. The van der Waals surface area contributed by atoms with Crippen molar-refractivity contribution in [3.63, 3.8) is 0 Å². The average molecular weight is 494 g/mol. The molecule has 1 saturated heterocycles. The number of hydrogen-bond acceptors (Lipinski definition) is 3. The number of nitrogens with one attached hydrogen (secondary N) is 1. The van der Waals surface area contributed by atoms with Gasteiger partial charge in [0.1, 0.15) is 0 Å². The number of rotatable bonds is 11. The summed E-state index contributed by atoms with van der Waals surface area (Å²) in [6.07, 6.45) is 9.85. The van der Waals surface area contributed by atoms with Gasteiger partial charge in [-0.3, -0.25) is 9.89 Å². The van der Waals surface area contributed by atoms with E-state index in [4.69, 9.17) is 28.8 Å². The molecular weight excluding hydrogens is 454 g/mol. The molecule has 1 aromatic carbocycles. The van der Waals surface area contributed by atoms with Crippen LogP contribution in [-0.4, -0.2) is 33.5 Å².